The van der Waals surface area contributed by atoms with Gasteiger partial charge in [-0.1, -0.05) is 11.6 Å². The molecule has 2 nitrogen and oxygen atoms in total. The molecule has 0 spiro atoms. The van der Waals surface area contributed by atoms with E-state index in [1.165, 1.54) is 12.4 Å². The molecule has 1 aromatic rings. The molecule has 0 saturated carbocycles. The minimum Gasteiger partial charge on any atom is -0.259 e. The first kappa shape index (κ1) is 4.53. The van der Waals surface area contributed by atoms with E-state index in [0.717, 1.165) is 0 Å². The molecule has 0 fully saturated rings. The Morgan fingerprint density at radius 3 is 2.86 bits per heavy atom. The van der Waals surface area contributed by atoms with Crippen LogP contribution < -0.4 is 0 Å². The molecule has 0 saturated heterocycles. The van der Waals surface area contributed by atoms with E-state index < -0.39 is 0 Å². The number of hydrogen-bond acceptors (Lipinski definition) is 2. The van der Waals surface area contributed by atoms with E-state index in [2.05, 4.69) is 16.2 Å². The van der Waals surface area contributed by atoms with Crippen molar-refractivity contribution < 1.29 is 0 Å². The van der Waals surface area contributed by atoms with E-state index in [0.29, 0.717) is 5.15 Å². The molecule has 0 bridgehead atoms. The fourth-order valence-electron chi connectivity index (χ4n) is 0.252. The Labute approximate surface area is 46.2 Å². The molecule has 0 atom stereocenters. The van der Waals surface area contributed by atoms with Crippen LogP contribution in [0.1, 0.15) is 0 Å². The standard InChI is InChI=1S/C4H2ClN2/c5-4-3-6-1-2-7-4/h1,3H. The third-order valence-electron chi connectivity index (χ3n) is 0.485. The Balaban J connectivity index is 3.02. The van der Waals surface area contributed by atoms with Crippen LogP contribution in [0.5, 0.6) is 0 Å². The van der Waals surface area contributed by atoms with Crippen molar-refractivity contribution >= 4 is 11.6 Å². The summed E-state index contributed by atoms with van der Waals surface area (Å²) in [7, 11) is 0. The van der Waals surface area contributed by atoms with Gasteiger partial charge in [0.25, 0.3) is 0 Å². The van der Waals surface area contributed by atoms with Crippen molar-refractivity contribution in [3.8, 4) is 0 Å². The molecule has 1 heterocycles. The van der Waals surface area contributed by atoms with E-state index in [4.69, 9.17) is 11.6 Å². The lowest BCUT2D eigenvalue weighted by molar-refractivity contribution is 1.19. The summed E-state index contributed by atoms with van der Waals surface area (Å²) in [6, 6.07) is 0. The highest BCUT2D eigenvalue weighted by atomic mass is 35.5. The normalized spacial score (nSPS) is 8.71. The van der Waals surface area contributed by atoms with Crippen molar-refractivity contribution in [2.75, 3.05) is 0 Å². The number of hydrogen-bond donors (Lipinski definition) is 0. The topological polar surface area (TPSA) is 25.8 Å². The summed E-state index contributed by atoms with van der Waals surface area (Å²) in [4.78, 5) is 7.19. The summed E-state index contributed by atoms with van der Waals surface area (Å²) in [6.45, 7) is 0. The first-order valence-electron chi connectivity index (χ1n) is 1.73. The van der Waals surface area contributed by atoms with Gasteiger partial charge in [-0.25, -0.2) is 4.98 Å². The monoisotopic (exact) mass is 113 g/mol. The molecule has 0 aliphatic carbocycles. The van der Waals surface area contributed by atoms with E-state index in [9.17, 15) is 0 Å². The summed E-state index contributed by atoms with van der Waals surface area (Å²) in [5.41, 5.74) is 0. The molecule has 1 aromatic heterocycles. The molecule has 7 heavy (non-hydrogen) atoms. The van der Waals surface area contributed by atoms with Crippen LogP contribution >= 0.6 is 11.6 Å². The van der Waals surface area contributed by atoms with Crippen LogP contribution in [0, 0.1) is 6.20 Å². The number of nitrogens with zero attached hydrogens (tertiary/aromatic N) is 2. The fraction of sp³-hybridized carbons (Fsp3) is 0. The lowest BCUT2D eigenvalue weighted by Crippen LogP contribution is -1.72. The van der Waals surface area contributed by atoms with Crippen molar-refractivity contribution in [3.05, 3.63) is 23.7 Å². The Bertz CT molecular complexity index is 140. The van der Waals surface area contributed by atoms with Gasteiger partial charge in [0.05, 0.1) is 12.4 Å². The van der Waals surface area contributed by atoms with Gasteiger partial charge >= 0.3 is 0 Å². The van der Waals surface area contributed by atoms with Gasteiger partial charge in [-0.2, -0.15) is 0 Å². The minimum atomic E-state index is 0.377. The van der Waals surface area contributed by atoms with Crippen molar-refractivity contribution in [3.63, 3.8) is 0 Å². The molecule has 0 aliphatic rings. The predicted molar refractivity (Wildman–Crippen MR) is 25.9 cm³/mol. The van der Waals surface area contributed by atoms with Crippen LogP contribution in [0.15, 0.2) is 12.4 Å². The second-order valence-corrected chi connectivity index (χ2v) is 1.36. The maximum Gasteiger partial charge on any atom is 0.148 e. The second kappa shape index (κ2) is 1.89. The highest BCUT2D eigenvalue weighted by Crippen LogP contribution is 1.94. The molecule has 0 aliphatic heterocycles. The highest BCUT2D eigenvalue weighted by Gasteiger charge is 1.78. The smallest absolute Gasteiger partial charge is 0.148 e. The Kier molecular flexibility index (Phi) is 1.22. The summed E-state index contributed by atoms with van der Waals surface area (Å²) in [6.07, 6.45) is 5.37. The third kappa shape index (κ3) is 1.12. The maximum atomic E-state index is 5.33. The minimum absolute atomic E-state index is 0.377. The van der Waals surface area contributed by atoms with Gasteiger partial charge in [0, 0.05) is 0 Å². The van der Waals surface area contributed by atoms with Crippen molar-refractivity contribution in [1.29, 1.82) is 0 Å². The van der Waals surface area contributed by atoms with Crippen molar-refractivity contribution in [1.82, 2.24) is 9.97 Å². The van der Waals surface area contributed by atoms with E-state index in [1.54, 1.807) is 0 Å². The van der Waals surface area contributed by atoms with Gasteiger partial charge in [-0.15, -0.1) is 0 Å². The van der Waals surface area contributed by atoms with Gasteiger partial charge in [-0.3, -0.25) is 4.98 Å². The molecule has 0 unspecified atom stereocenters. The molecule has 1 radical (unpaired) electrons. The molecule has 0 aromatic carbocycles. The number of halogens is 1. The summed E-state index contributed by atoms with van der Waals surface area (Å²) < 4.78 is 0. The summed E-state index contributed by atoms with van der Waals surface area (Å²) in [5, 5.41) is 0.377. The van der Waals surface area contributed by atoms with Crippen LogP contribution in [-0.4, -0.2) is 9.97 Å². The van der Waals surface area contributed by atoms with Gasteiger partial charge < -0.3 is 0 Å². The Morgan fingerprint density at radius 1 is 1.71 bits per heavy atom. The Hall–Kier alpha value is -0.630. The van der Waals surface area contributed by atoms with Crippen molar-refractivity contribution in [2.45, 2.75) is 0 Å². The lowest BCUT2D eigenvalue weighted by Gasteiger charge is -1.78. The zero-order chi connectivity index (χ0) is 5.11. The van der Waals surface area contributed by atoms with E-state index >= 15 is 0 Å². The average molecular weight is 114 g/mol. The van der Waals surface area contributed by atoms with Gasteiger partial charge in [-0.05, 0) is 0 Å². The van der Waals surface area contributed by atoms with Gasteiger partial charge in [0.1, 0.15) is 11.3 Å². The van der Waals surface area contributed by atoms with Crippen LogP contribution in [-0.2, 0) is 0 Å². The Morgan fingerprint density at radius 2 is 2.57 bits per heavy atom. The average Bonchev–Trinajstić information content (AvgIpc) is 1.69. The molecule has 0 amide bonds. The highest BCUT2D eigenvalue weighted by molar-refractivity contribution is 6.29. The fourth-order valence-corrected chi connectivity index (χ4v) is 0.357. The molecular weight excluding hydrogens is 112 g/mol. The quantitative estimate of drug-likeness (QED) is 0.500. The van der Waals surface area contributed by atoms with E-state index in [-0.39, 0.29) is 0 Å². The number of aromatic nitrogens is 2. The molecule has 3 heteroatoms. The molecular formula is C4H2ClN2. The second-order valence-electron chi connectivity index (χ2n) is 0.971. The molecule has 1 rings (SSSR count). The largest absolute Gasteiger partial charge is 0.259 e. The van der Waals surface area contributed by atoms with Crippen molar-refractivity contribution in [2.24, 2.45) is 0 Å². The van der Waals surface area contributed by atoms with Crippen LogP contribution in [0.3, 0.4) is 0 Å². The molecule has 35 valence electrons. The van der Waals surface area contributed by atoms with Gasteiger partial charge in [0.15, 0.2) is 0 Å². The van der Waals surface area contributed by atoms with Crippen LogP contribution in [0.2, 0.25) is 5.15 Å². The first-order chi connectivity index (χ1) is 3.39. The zero-order valence-corrected chi connectivity index (χ0v) is 4.18. The lowest BCUT2D eigenvalue weighted by atomic mass is 10.8. The van der Waals surface area contributed by atoms with E-state index in [1.807, 2.05) is 0 Å². The maximum absolute atomic E-state index is 5.33. The SMILES string of the molecule is Clc1cnc[c]n1. The summed E-state index contributed by atoms with van der Waals surface area (Å²) >= 11 is 5.33. The number of rotatable bonds is 0. The van der Waals surface area contributed by atoms with Crippen LogP contribution in [0.4, 0.5) is 0 Å². The van der Waals surface area contributed by atoms with Crippen LogP contribution in [0.25, 0.3) is 0 Å². The van der Waals surface area contributed by atoms with Gasteiger partial charge in [0.2, 0.25) is 0 Å². The zero-order valence-electron chi connectivity index (χ0n) is 3.43. The predicted octanol–water partition coefficient (Wildman–Crippen LogP) is 0.930. The first-order valence-corrected chi connectivity index (χ1v) is 2.11. The summed E-state index contributed by atoms with van der Waals surface area (Å²) in [5.74, 6) is 0. The third-order valence-corrected chi connectivity index (χ3v) is 0.667. The molecule has 0 N–H and O–H groups in total.